The van der Waals surface area contributed by atoms with E-state index in [2.05, 4.69) is 20.8 Å². The van der Waals surface area contributed by atoms with Gasteiger partial charge in [0.25, 0.3) is 17.5 Å². The standard InChI is InChI=1S/C16H14ClN5O8S2/c1-29-21-9(5-4-31-15(18-5)19-7(23)3-17)11(25)20-10-12(26)22-13(10)32-6-2-8(24)30-16(6,22)14(27)28/h4,6,10,13H,2-3H2,1H3,(H,20,25)(H,27,28)(H,18,19,23)/t6-,10-,13-,16-/m1/s1. The number of hydrogen-bond acceptors (Lipinski definition) is 11. The normalized spacial score (nSPS) is 28.4. The summed E-state index contributed by atoms with van der Waals surface area (Å²) in [4.78, 5) is 70.2. The van der Waals surface area contributed by atoms with Crippen LogP contribution in [0, 0.1) is 0 Å². The molecule has 170 valence electrons. The Balaban J connectivity index is 1.50. The zero-order valence-corrected chi connectivity index (χ0v) is 18.5. The summed E-state index contributed by atoms with van der Waals surface area (Å²) < 4.78 is 5.03. The largest absolute Gasteiger partial charge is 0.477 e. The van der Waals surface area contributed by atoms with E-state index < -0.39 is 52.1 Å². The van der Waals surface area contributed by atoms with Crippen molar-refractivity contribution in [2.45, 2.75) is 28.8 Å². The molecular formula is C16H14ClN5O8S2. The maximum Gasteiger partial charge on any atom is 0.371 e. The van der Waals surface area contributed by atoms with E-state index in [9.17, 15) is 29.1 Å². The first kappa shape index (κ1) is 22.3. The number of ether oxygens (including phenoxy) is 1. The number of β-lactam (4-membered cyclic amide) rings is 1. The van der Waals surface area contributed by atoms with Gasteiger partial charge in [0.1, 0.15) is 30.1 Å². The molecule has 0 aliphatic carbocycles. The summed E-state index contributed by atoms with van der Waals surface area (Å²) in [5, 5.41) is 18.3. The Kier molecular flexibility index (Phi) is 5.72. The van der Waals surface area contributed by atoms with Crippen LogP contribution in [0.15, 0.2) is 10.5 Å². The molecule has 0 aromatic carbocycles. The number of aromatic nitrogens is 1. The minimum atomic E-state index is -2.07. The second kappa shape index (κ2) is 8.22. The number of oxime groups is 1. The average molecular weight is 504 g/mol. The molecule has 0 saturated carbocycles. The van der Waals surface area contributed by atoms with Crippen molar-refractivity contribution in [3.8, 4) is 0 Å². The second-order valence-corrected chi connectivity index (χ2v) is 9.15. The first-order chi connectivity index (χ1) is 15.2. The van der Waals surface area contributed by atoms with Gasteiger partial charge in [-0.3, -0.25) is 24.1 Å². The van der Waals surface area contributed by atoms with Gasteiger partial charge in [0.15, 0.2) is 10.8 Å². The van der Waals surface area contributed by atoms with Crippen LogP contribution in [0.4, 0.5) is 5.13 Å². The van der Waals surface area contributed by atoms with Crippen LogP contribution in [-0.4, -0.2) is 85.7 Å². The number of fused-ring (bicyclic) bond motifs is 3. The average Bonchev–Trinajstić information content (AvgIpc) is 3.40. The van der Waals surface area contributed by atoms with E-state index in [0.29, 0.717) is 0 Å². The molecule has 0 bridgehead atoms. The first-order valence-electron chi connectivity index (χ1n) is 8.90. The lowest BCUT2D eigenvalue weighted by atomic mass is 9.98. The molecule has 1 aromatic heterocycles. The van der Waals surface area contributed by atoms with Crippen LogP contribution < -0.4 is 10.6 Å². The van der Waals surface area contributed by atoms with Crippen LogP contribution in [0.1, 0.15) is 12.1 Å². The molecule has 4 heterocycles. The number of carbonyl (C=O) groups is 5. The number of thiazole rings is 1. The van der Waals surface area contributed by atoms with Gasteiger partial charge >= 0.3 is 11.9 Å². The Morgan fingerprint density at radius 3 is 2.88 bits per heavy atom. The number of halogens is 1. The molecule has 3 saturated heterocycles. The van der Waals surface area contributed by atoms with Crippen molar-refractivity contribution in [3.05, 3.63) is 11.1 Å². The third kappa shape index (κ3) is 3.36. The topological polar surface area (TPSA) is 177 Å². The number of carboxylic acids is 1. The molecule has 3 amide bonds. The molecule has 16 heteroatoms. The third-order valence-corrected chi connectivity index (χ3v) is 7.44. The van der Waals surface area contributed by atoms with Crippen molar-refractivity contribution >= 4 is 75.2 Å². The van der Waals surface area contributed by atoms with Crippen LogP contribution in [-0.2, 0) is 33.5 Å². The van der Waals surface area contributed by atoms with E-state index >= 15 is 0 Å². The van der Waals surface area contributed by atoms with Gasteiger partial charge in [-0.2, -0.15) is 0 Å². The monoisotopic (exact) mass is 503 g/mol. The van der Waals surface area contributed by atoms with Crippen molar-refractivity contribution in [1.82, 2.24) is 15.2 Å². The van der Waals surface area contributed by atoms with E-state index in [-0.39, 0.29) is 28.8 Å². The quantitative estimate of drug-likeness (QED) is 0.140. The Morgan fingerprint density at radius 2 is 2.22 bits per heavy atom. The minimum Gasteiger partial charge on any atom is -0.477 e. The highest BCUT2D eigenvalue weighted by Crippen LogP contribution is 2.55. The smallest absolute Gasteiger partial charge is 0.371 e. The summed E-state index contributed by atoms with van der Waals surface area (Å²) >= 11 is 7.53. The third-order valence-electron chi connectivity index (χ3n) is 4.87. The molecule has 4 atom stereocenters. The lowest BCUT2D eigenvalue weighted by molar-refractivity contribution is -0.204. The van der Waals surface area contributed by atoms with Gasteiger partial charge in [-0.05, 0) is 0 Å². The summed E-state index contributed by atoms with van der Waals surface area (Å²) in [6.45, 7) is 0. The van der Waals surface area contributed by atoms with Gasteiger partial charge in [-0.15, -0.1) is 34.7 Å². The van der Waals surface area contributed by atoms with Crippen molar-refractivity contribution in [2.24, 2.45) is 5.16 Å². The number of esters is 1. The highest BCUT2D eigenvalue weighted by atomic mass is 35.5. The Hall–Kier alpha value is -2.91. The number of anilines is 1. The fraction of sp³-hybridized carbons (Fsp3) is 0.438. The molecule has 0 radical (unpaired) electrons. The summed E-state index contributed by atoms with van der Waals surface area (Å²) in [6.07, 6.45) is -0.163. The molecule has 4 rings (SSSR count). The van der Waals surface area contributed by atoms with E-state index in [1.54, 1.807) is 0 Å². The molecule has 3 aliphatic heterocycles. The fourth-order valence-corrected chi connectivity index (χ4v) is 6.07. The maximum absolute atomic E-state index is 12.8. The number of nitrogens with one attached hydrogen (secondary N) is 2. The molecule has 3 fully saturated rings. The molecule has 0 unspecified atom stereocenters. The predicted octanol–water partition coefficient (Wildman–Crippen LogP) is -0.833. The summed E-state index contributed by atoms with van der Waals surface area (Å²) in [7, 11) is 1.21. The van der Waals surface area contributed by atoms with E-state index in [0.717, 1.165) is 28.0 Å². The van der Waals surface area contributed by atoms with Crippen LogP contribution in [0.25, 0.3) is 0 Å². The molecule has 1 aromatic rings. The SMILES string of the molecule is CON=C(C(=O)N[C@@H]1C(=O)N2[C@@H]1S[C@@H]1CC(=O)O[C@@]12C(=O)O)c1csc(NC(=O)CCl)n1. The zero-order valence-electron chi connectivity index (χ0n) is 16.1. The van der Waals surface area contributed by atoms with Crippen LogP contribution in [0.2, 0.25) is 0 Å². The molecule has 0 spiro atoms. The van der Waals surface area contributed by atoms with Crippen molar-refractivity contribution in [3.63, 3.8) is 0 Å². The van der Waals surface area contributed by atoms with Gasteiger partial charge in [0.05, 0.1) is 11.7 Å². The minimum absolute atomic E-state index is 0.0785. The number of thioether (sulfide) groups is 1. The molecule has 3 N–H and O–H groups in total. The van der Waals surface area contributed by atoms with Crippen molar-refractivity contribution in [1.29, 1.82) is 0 Å². The van der Waals surface area contributed by atoms with Gasteiger partial charge in [0, 0.05) is 5.38 Å². The van der Waals surface area contributed by atoms with Crippen LogP contribution in [0.3, 0.4) is 0 Å². The van der Waals surface area contributed by atoms with Crippen molar-refractivity contribution < 1.29 is 38.7 Å². The van der Waals surface area contributed by atoms with E-state index in [1.807, 2.05) is 0 Å². The van der Waals surface area contributed by atoms with Crippen LogP contribution >= 0.6 is 34.7 Å². The fourth-order valence-electron chi connectivity index (χ4n) is 3.56. The predicted molar refractivity (Wildman–Crippen MR) is 110 cm³/mol. The summed E-state index contributed by atoms with van der Waals surface area (Å²) in [5.74, 6) is -4.43. The zero-order chi connectivity index (χ0) is 23.2. The maximum atomic E-state index is 12.8. The number of aliphatic carboxylic acids is 1. The first-order valence-corrected chi connectivity index (χ1v) is 11.3. The van der Waals surface area contributed by atoms with Gasteiger partial charge in [-0.1, -0.05) is 5.16 Å². The van der Waals surface area contributed by atoms with Gasteiger partial charge in [-0.25, -0.2) is 9.78 Å². The molecule has 13 nitrogen and oxygen atoms in total. The van der Waals surface area contributed by atoms with Gasteiger partial charge < -0.3 is 25.3 Å². The molecule has 3 aliphatic rings. The highest BCUT2D eigenvalue weighted by Gasteiger charge is 2.75. The van der Waals surface area contributed by atoms with Gasteiger partial charge in [0.2, 0.25) is 5.91 Å². The Bertz CT molecular complexity index is 1060. The number of hydrogen-bond donors (Lipinski definition) is 3. The second-order valence-electron chi connectivity index (χ2n) is 6.70. The lowest BCUT2D eigenvalue weighted by Gasteiger charge is -2.46. The van der Waals surface area contributed by atoms with Crippen LogP contribution in [0.5, 0.6) is 0 Å². The van der Waals surface area contributed by atoms with E-state index in [1.165, 1.54) is 12.5 Å². The Labute approximate surface area is 192 Å². The number of amides is 3. The molecule has 32 heavy (non-hydrogen) atoms. The number of carbonyl (C=O) groups excluding carboxylic acids is 4. The molecular weight excluding hydrogens is 490 g/mol. The van der Waals surface area contributed by atoms with Crippen molar-refractivity contribution in [2.75, 3.05) is 18.3 Å². The number of alkyl halides is 1. The van der Waals surface area contributed by atoms with E-state index in [4.69, 9.17) is 21.2 Å². The number of rotatable bonds is 7. The summed E-state index contributed by atoms with van der Waals surface area (Å²) in [6, 6.07) is -1.07. The Morgan fingerprint density at radius 1 is 1.47 bits per heavy atom. The highest BCUT2D eigenvalue weighted by molar-refractivity contribution is 8.01. The number of carboxylic acid groups (broad SMARTS) is 1. The summed E-state index contributed by atoms with van der Waals surface area (Å²) in [5.41, 5.74) is -2.25. The lowest BCUT2D eigenvalue weighted by Crippen LogP contribution is -2.75. The number of nitrogens with zero attached hydrogens (tertiary/aromatic N) is 3.